The Balaban J connectivity index is 1.26. The van der Waals surface area contributed by atoms with E-state index in [0.29, 0.717) is 24.5 Å². The maximum absolute atomic E-state index is 14.1. The molecule has 150 valence electrons. The summed E-state index contributed by atoms with van der Waals surface area (Å²) in [6.45, 7) is 3.11. The third kappa shape index (κ3) is 3.41. The first-order chi connectivity index (χ1) is 14.1. The second-order valence-electron chi connectivity index (χ2n) is 7.56. The van der Waals surface area contributed by atoms with Crippen molar-refractivity contribution in [2.45, 2.75) is 24.5 Å². The van der Waals surface area contributed by atoms with Gasteiger partial charge in [-0.15, -0.1) is 0 Å². The van der Waals surface area contributed by atoms with Gasteiger partial charge in [-0.05, 0) is 36.4 Å². The molecule has 1 N–H and O–H groups in total. The predicted octanol–water partition coefficient (Wildman–Crippen LogP) is 3.61. The van der Waals surface area contributed by atoms with Crippen molar-refractivity contribution in [2.24, 2.45) is 4.99 Å². The quantitative estimate of drug-likeness (QED) is 0.807. The third-order valence-corrected chi connectivity index (χ3v) is 5.83. The van der Waals surface area contributed by atoms with Crippen molar-refractivity contribution in [3.05, 3.63) is 53.8 Å². The van der Waals surface area contributed by atoms with Crippen molar-refractivity contribution < 1.29 is 18.7 Å². The average molecular weight is 395 g/mol. The molecule has 2 saturated heterocycles. The summed E-state index contributed by atoms with van der Waals surface area (Å²) < 4.78 is 25.7. The molecule has 1 atom stereocenters. The van der Waals surface area contributed by atoms with Crippen LogP contribution in [0.25, 0.3) is 0 Å². The number of carbonyl (C=O) groups is 1. The summed E-state index contributed by atoms with van der Waals surface area (Å²) in [7, 11) is 0. The number of rotatable bonds is 3. The van der Waals surface area contributed by atoms with Crippen LogP contribution >= 0.6 is 0 Å². The minimum atomic E-state index is -0.712. The molecule has 1 unspecified atom stereocenters. The summed E-state index contributed by atoms with van der Waals surface area (Å²) in [5.41, 5.74) is 2.71. The summed E-state index contributed by atoms with van der Waals surface area (Å²) in [5, 5.41) is 2.70. The van der Waals surface area contributed by atoms with Crippen molar-refractivity contribution >= 4 is 29.2 Å². The summed E-state index contributed by atoms with van der Waals surface area (Å²) in [6, 6.07) is 12.5. The van der Waals surface area contributed by atoms with Crippen molar-refractivity contribution in [3.63, 3.8) is 0 Å². The van der Waals surface area contributed by atoms with Crippen LogP contribution in [0.5, 0.6) is 0 Å². The molecule has 2 aromatic carbocycles. The van der Waals surface area contributed by atoms with Gasteiger partial charge in [0.2, 0.25) is 5.91 Å². The number of nitrogens with zero attached hydrogens (tertiary/aromatic N) is 2. The Morgan fingerprint density at radius 2 is 1.83 bits per heavy atom. The van der Waals surface area contributed by atoms with E-state index in [1.807, 2.05) is 24.3 Å². The molecule has 0 saturated carbocycles. The molecule has 0 aromatic heterocycles. The van der Waals surface area contributed by atoms with Gasteiger partial charge < -0.3 is 19.7 Å². The van der Waals surface area contributed by atoms with Gasteiger partial charge in [0.25, 0.3) is 0 Å². The van der Waals surface area contributed by atoms with Gasteiger partial charge in [-0.3, -0.25) is 9.79 Å². The topological polar surface area (TPSA) is 63.2 Å². The molecule has 0 radical (unpaired) electrons. The van der Waals surface area contributed by atoms with Crippen LogP contribution in [0.2, 0.25) is 0 Å². The molecule has 1 spiro atoms. The Labute approximate surface area is 168 Å². The van der Waals surface area contributed by atoms with Crippen molar-refractivity contribution in [1.82, 2.24) is 0 Å². The highest BCUT2D eigenvalue weighted by atomic mass is 19.1. The van der Waals surface area contributed by atoms with Crippen molar-refractivity contribution in [1.29, 1.82) is 0 Å². The lowest BCUT2D eigenvalue weighted by Gasteiger charge is -2.38. The molecule has 7 heteroatoms. The van der Waals surface area contributed by atoms with Crippen molar-refractivity contribution in [2.75, 3.05) is 36.5 Å². The molecular formula is C22H22FN3O3. The van der Waals surface area contributed by atoms with Crippen LogP contribution in [-0.4, -0.2) is 44.2 Å². The lowest BCUT2D eigenvalue weighted by atomic mass is 10.0. The highest BCUT2D eigenvalue weighted by molar-refractivity contribution is 6.12. The first-order valence-electron chi connectivity index (χ1n) is 9.90. The number of ether oxygens (including phenoxy) is 2. The van der Waals surface area contributed by atoms with E-state index in [4.69, 9.17) is 9.47 Å². The molecule has 3 heterocycles. The number of nitrogens with one attached hydrogen (secondary N) is 1. The Morgan fingerprint density at radius 3 is 2.55 bits per heavy atom. The Kier molecular flexibility index (Phi) is 4.56. The first-order valence-corrected chi connectivity index (χ1v) is 9.90. The largest absolute Gasteiger partial charge is 0.371 e. The fourth-order valence-corrected chi connectivity index (χ4v) is 4.25. The molecular weight excluding hydrogens is 373 g/mol. The Morgan fingerprint density at radius 1 is 1.10 bits per heavy atom. The van der Waals surface area contributed by atoms with Crippen LogP contribution in [0, 0.1) is 5.82 Å². The van der Waals surface area contributed by atoms with Crippen LogP contribution in [-0.2, 0) is 14.3 Å². The smallest absolute Gasteiger partial charge is 0.237 e. The van der Waals surface area contributed by atoms with E-state index in [2.05, 4.69) is 15.2 Å². The Hall–Kier alpha value is -2.77. The zero-order valence-electron chi connectivity index (χ0n) is 15.9. The molecule has 3 aliphatic heterocycles. The zero-order chi connectivity index (χ0) is 19.8. The van der Waals surface area contributed by atoms with Gasteiger partial charge in [-0.1, -0.05) is 6.07 Å². The van der Waals surface area contributed by atoms with Crippen LogP contribution < -0.4 is 10.2 Å². The minimum absolute atomic E-state index is 0.260. The second-order valence-corrected chi connectivity index (χ2v) is 7.56. The van der Waals surface area contributed by atoms with Gasteiger partial charge in [-0.25, -0.2) is 4.39 Å². The van der Waals surface area contributed by atoms with E-state index >= 15 is 0 Å². The molecule has 0 bridgehead atoms. The number of aliphatic imine (C=N–C) groups is 1. The number of anilines is 2. The highest BCUT2D eigenvalue weighted by Gasteiger charge is 2.39. The van der Waals surface area contributed by atoms with Crippen molar-refractivity contribution in [3.8, 4) is 0 Å². The number of carbonyl (C=O) groups excluding carboxylic acids is 1. The van der Waals surface area contributed by atoms with Gasteiger partial charge >= 0.3 is 0 Å². The Bertz CT molecular complexity index is 944. The summed E-state index contributed by atoms with van der Waals surface area (Å²) >= 11 is 0. The number of hydrogen-bond acceptors (Lipinski definition) is 5. The van der Waals surface area contributed by atoms with Gasteiger partial charge in [-0.2, -0.15) is 0 Å². The fourth-order valence-electron chi connectivity index (χ4n) is 4.25. The molecule has 5 rings (SSSR count). The standard InChI is InChI=1S/C22H22FN3O3/c23-18-2-1-3-19-20(18)17(21(27)25-19)14-24-15-4-6-16(7-5-15)26-10-8-22(9-11-26)28-12-13-29-22/h1-7,14,17H,8-13H2,(H,25,27). The maximum atomic E-state index is 14.1. The summed E-state index contributed by atoms with van der Waals surface area (Å²) in [4.78, 5) is 18.9. The van der Waals surface area contributed by atoms with E-state index in [1.54, 1.807) is 12.1 Å². The monoisotopic (exact) mass is 395 g/mol. The lowest BCUT2D eigenvalue weighted by Crippen LogP contribution is -2.45. The van der Waals surface area contributed by atoms with Crippen LogP contribution in [0.15, 0.2) is 47.5 Å². The van der Waals surface area contributed by atoms with Crippen LogP contribution in [0.3, 0.4) is 0 Å². The average Bonchev–Trinajstić information content (AvgIpc) is 3.32. The number of halogens is 1. The number of hydrogen-bond donors (Lipinski definition) is 1. The number of amides is 1. The zero-order valence-corrected chi connectivity index (χ0v) is 15.9. The van der Waals surface area contributed by atoms with Crippen LogP contribution in [0.4, 0.5) is 21.5 Å². The van der Waals surface area contributed by atoms with Gasteiger partial charge in [0.05, 0.1) is 18.9 Å². The van der Waals surface area contributed by atoms with Gasteiger partial charge in [0.1, 0.15) is 11.7 Å². The van der Waals surface area contributed by atoms with E-state index in [1.165, 1.54) is 12.3 Å². The van der Waals surface area contributed by atoms with E-state index in [0.717, 1.165) is 37.3 Å². The molecule has 1 amide bonds. The number of benzene rings is 2. The summed E-state index contributed by atoms with van der Waals surface area (Å²) in [5.74, 6) is -1.75. The van der Waals surface area contributed by atoms with E-state index in [-0.39, 0.29) is 11.7 Å². The third-order valence-electron chi connectivity index (χ3n) is 5.83. The first kappa shape index (κ1) is 18.3. The second kappa shape index (κ2) is 7.24. The van der Waals surface area contributed by atoms with Crippen LogP contribution in [0.1, 0.15) is 24.3 Å². The summed E-state index contributed by atoms with van der Waals surface area (Å²) in [6.07, 6.45) is 3.22. The minimum Gasteiger partial charge on any atom is -0.371 e. The van der Waals surface area contributed by atoms with Gasteiger partial charge in [0.15, 0.2) is 5.79 Å². The van der Waals surface area contributed by atoms with E-state index in [9.17, 15) is 9.18 Å². The maximum Gasteiger partial charge on any atom is 0.237 e. The molecule has 3 aliphatic rings. The lowest BCUT2D eigenvalue weighted by molar-refractivity contribution is -0.169. The normalized spacial score (nSPS) is 23.0. The molecule has 2 aromatic rings. The number of piperidine rings is 1. The van der Waals surface area contributed by atoms with E-state index < -0.39 is 11.7 Å². The SMILES string of the molecule is O=C1Nc2cccc(F)c2C1C=Nc1ccc(N2CCC3(CC2)OCCO3)cc1. The molecule has 0 aliphatic carbocycles. The highest BCUT2D eigenvalue weighted by Crippen LogP contribution is 2.35. The predicted molar refractivity (Wildman–Crippen MR) is 108 cm³/mol. The molecule has 29 heavy (non-hydrogen) atoms. The molecule has 2 fully saturated rings. The fraction of sp³-hybridized carbons (Fsp3) is 0.364. The van der Waals surface area contributed by atoms with Gasteiger partial charge in [0, 0.05) is 49.1 Å². The number of fused-ring (bicyclic) bond motifs is 1. The molecule has 6 nitrogen and oxygen atoms in total.